The van der Waals surface area contributed by atoms with Crippen LogP contribution >= 0.6 is 0 Å². The molecule has 0 unspecified atom stereocenters. The molecule has 0 radical (unpaired) electrons. The molecule has 110 valence electrons. The van der Waals surface area contributed by atoms with E-state index in [1.165, 1.54) is 13.2 Å². The lowest BCUT2D eigenvalue weighted by Crippen LogP contribution is -2.36. The van der Waals surface area contributed by atoms with Gasteiger partial charge in [0.05, 0.1) is 20.1 Å². The van der Waals surface area contributed by atoms with Gasteiger partial charge in [-0.3, -0.25) is 4.79 Å². The Morgan fingerprint density at radius 2 is 2.05 bits per heavy atom. The van der Waals surface area contributed by atoms with E-state index < -0.39 is 18.0 Å². The van der Waals surface area contributed by atoms with Crippen LogP contribution in [0.2, 0.25) is 0 Å². The molecule has 0 atom stereocenters. The van der Waals surface area contributed by atoms with Gasteiger partial charge < -0.3 is 24.9 Å². The van der Waals surface area contributed by atoms with Crippen molar-refractivity contribution >= 4 is 18.0 Å². The minimum Gasteiger partial charge on any atom is -0.481 e. The molecule has 8 heteroatoms. The number of hydrogen-bond acceptors (Lipinski definition) is 5. The van der Waals surface area contributed by atoms with E-state index in [1.54, 1.807) is 6.92 Å². The number of furan rings is 1. The van der Waals surface area contributed by atoms with Crippen LogP contribution < -0.4 is 10.6 Å². The Hall–Kier alpha value is -2.51. The highest BCUT2D eigenvalue weighted by atomic mass is 16.5. The smallest absolute Gasteiger partial charge is 0.341 e. The van der Waals surface area contributed by atoms with Gasteiger partial charge in [0.1, 0.15) is 17.1 Å². The molecule has 0 saturated carbocycles. The zero-order valence-corrected chi connectivity index (χ0v) is 11.2. The molecule has 0 fully saturated rings. The Labute approximate surface area is 115 Å². The zero-order chi connectivity index (χ0) is 15.1. The Balaban J connectivity index is 2.44. The van der Waals surface area contributed by atoms with E-state index in [0.29, 0.717) is 17.1 Å². The molecule has 0 bridgehead atoms. The fourth-order valence-electron chi connectivity index (χ4n) is 1.46. The van der Waals surface area contributed by atoms with Gasteiger partial charge in [-0.05, 0) is 13.0 Å². The topological polar surface area (TPSA) is 118 Å². The number of hydrogen-bond donors (Lipinski definition) is 3. The predicted octanol–water partition coefficient (Wildman–Crippen LogP) is 0.649. The van der Waals surface area contributed by atoms with E-state index in [2.05, 4.69) is 15.4 Å². The molecule has 1 rings (SSSR count). The fourth-order valence-corrected chi connectivity index (χ4v) is 1.46. The molecule has 1 aromatic heterocycles. The van der Waals surface area contributed by atoms with Gasteiger partial charge in [-0.1, -0.05) is 0 Å². The molecule has 0 aromatic carbocycles. The molecule has 0 saturated heterocycles. The molecule has 20 heavy (non-hydrogen) atoms. The van der Waals surface area contributed by atoms with E-state index >= 15 is 0 Å². The van der Waals surface area contributed by atoms with Crippen molar-refractivity contribution in [2.75, 3.05) is 13.7 Å². The van der Waals surface area contributed by atoms with Gasteiger partial charge in [-0.25, -0.2) is 9.59 Å². The molecule has 0 aliphatic heterocycles. The lowest BCUT2D eigenvalue weighted by atomic mass is 10.2. The van der Waals surface area contributed by atoms with Crippen molar-refractivity contribution in [1.29, 1.82) is 0 Å². The third kappa shape index (κ3) is 4.63. The van der Waals surface area contributed by atoms with E-state index in [0.717, 1.165) is 0 Å². The second-order valence-electron chi connectivity index (χ2n) is 3.93. The first-order valence-electron chi connectivity index (χ1n) is 5.85. The Kier molecular flexibility index (Phi) is 5.57. The van der Waals surface area contributed by atoms with Crippen LogP contribution in [-0.2, 0) is 16.1 Å². The van der Waals surface area contributed by atoms with Crippen molar-refractivity contribution in [3.05, 3.63) is 23.2 Å². The van der Waals surface area contributed by atoms with Crippen molar-refractivity contribution in [2.24, 2.45) is 0 Å². The molecule has 1 aromatic rings. The van der Waals surface area contributed by atoms with Crippen molar-refractivity contribution in [1.82, 2.24) is 10.6 Å². The Bertz CT molecular complexity index is 508. The summed E-state index contributed by atoms with van der Waals surface area (Å²) in [7, 11) is 1.27. The minimum absolute atomic E-state index is 0.0335. The maximum atomic E-state index is 11.4. The summed E-state index contributed by atoms with van der Waals surface area (Å²) in [5, 5.41) is 13.3. The van der Waals surface area contributed by atoms with Crippen molar-refractivity contribution in [3.63, 3.8) is 0 Å². The first-order valence-corrected chi connectivity index (χ1v) is 5.85. The van der Waals surface area contributed by atoms with Crippen LogP contribution in [0.3, 0.4) is 0 Å². The molecule has 0 aliphatic carbocycles. The fraction of sp³-hybridized carbons (Fsp3) is 0.417. The van der Waals surface area contributed by atoms with Gasteiger partial charge in [-0.2, -0.15) is 0 Å². The summed E-state index contributed by atoms with van der Waals surface area (Å²) in [4.78, 5) is 32.9. The number of carboxylic acids is 1. The molecule has 3 N–H and O–H groups in total. The number of rotatable bonds is 6. The van der Waals surface area contributed by atoms with Crippen LogP contribution in [0, 0.1) is 6.92 Å². The van der Waals surface area contributed by atoms with Gasteiger partial charge in [0.15, 0.2) is 0 Å². The molecule has 0 aliphatic rings. The number of esters is 1. The molecular formula is C12H16N2O6. The summed E-state index contributed by atoms with van der Waals surface area (Å²) < 4.78 is 9.87. The van der Waals surface area contributed by atoms with Gasteiger partial charge in [0, 0.05) is 6.54 Å². The second-order valence-corrected chi connectivity index (χ2v) is 3.93. The second kappa shape index (κ2) is 7.17. The number of ether oxygens (including phenoxy) is 1. The zero-order valence-electron chi connectivity index (χ0n) is 11.2. The van der Waals surface area contributed by atoms with E-state index in [9.17, 15) is 14.4 Å². The summed E-state index contributed by atoms with van der Waals surface area (Å²) in [5.74, 6) is -0.700. The van der Waals surface area contributed by atoms with Crippen LogP contribution in [0.25, 0.3) is 0 Å². The highest BCUT2D eigenvalue weighted by Gasteiger charge is 2.15. The number of aryl methyl sites for hydroxylation is 1. The summed E-state index contributed by atoms with van der Waals surface area (Å²) >= 11 is 0. The van der Waals surface area contributed by atoms with Crippen molar-refractivity contribution in [3.8, 4) is 0 Å². The Morgan fingerprint density at radius 3 is 2.65 bits per heavy atom. The molecular weight excluding hydrogens is 268 g/mol. The van der Waals surface area contributed by atoms with Crippen LogP contribution in [0.4, 0.5) is 4.79 Å². The van der Waals surface area contributed by atoms with Crippen LogP contribution in [-0.4, -0.2) is 36.7 Å². The van der Waals surface area contributed by atoms with Crippen LogP contribution in [0.5, 0.6) is 0 Å². The lowest BCUT2D eigenvalue weighted by Gasteiger charge is -2.04. The number of nitrogens with one attached hydrogen (secondary N) is 2. The maximum absolute atomic E-state index is 11.4. The predicted molar refractivity (Wildman–Crippen MR) is 67.3 cm³/mol. The average Bonchev–Trinajstić information content (AvgIpc) is 2.76. The number of urea groups is 1. The monoisotopic (exact) mass is 284 g/mol. The number of carbonyl (C=O) groups excluding carboxylic acids is 2. The summed E-state index contributed by atoms with van der Waals surface area (Å²) in [5.41, 5.74) is 0.301. The highest BCUT2D eigenvalue weighted by molar-refractivity contribution is 5.90. The third-order valence-electron chi connectivity index (χ3n) is 2.42. The van der Waals surface area contributed by atoms with E-state index in [-0.39, 0.29) is 19.5 Å². The normalized spacial score (nSPS) is 9.90. The van der Waals surface area contributed by atoms with Crippen molar-refractivity contribution in [2.45, 2.75) is 19.9 Å². The van der Waals surface area contributed by atoms with Crippen molar-refractivity contribution < 1.29 is 28.6 Å². The first-order chi connectivity index (χ1) is 9.43. The maximum Gasteiger partial charge on any atom is 0.341 e. The Morgan fingerprint density at radius 1 is 1.35 bits per heavy atom. The summed E-state index contributed by atoms with van der Waals surface area (Å²) in [6, 6.07) is 0.971. The number of carboxylic acid groups (broad SMARTS) is 1. The standard InChI is InChI=1S/C12H16N2O6/c1-7-9(11(17)19-2)5-8(20-7)6-14-12(18)13-4-3-10(15)16/h5H,3-4,6H2,1-2H3,(H,15,16)(H2,13,14,18). The van der Waals surface area contributed by atoms with E-state index in [1.807, 2.05) is 0 Å². The van der Waals surface area contributed by atoms with Gasteiger partial charge >= 0.3 is 18.0 Å². The van der Waals surface area contributed by atoms with E-state index in [4.69, 9.17) is 9.52 Å². The molecule has 0 spiro atoms. The number of aliphatic carboxylic acids is 1. The number of carbonyl (C=O) groups is 3. The SMILES string of the molecule is COC(=O)c1cc(CNC(=O)NCCC(=O)O)oc1C. The van der Waals surface area contributed by atoms with Crippen LogP contribution in [0.1, 0.15) is 28.3 Å². The summed E-state index contributed by atoms with van der Waals surface area (Å²) in [6.45, 7) is 1.73. The minimum atomic E-state index is -0.991. The quantitative estimate of drug-likeness (QED) is 0.660. The number of methoxy groups -OCH3 is 1. The third-order valence-corrected chi connectivity index (χ3v) is 2.42. The van der Waals surface area contributed by atoms with Gasteiger partial charge in [0.2, 0.25) is 0 Å². The molecule has 1 heterocycles. The first kappa shape index (κ1) is 15.5. The largest absolute Gasteiger partial charge is 0.481 e. The average molecular weight is 284 g/mol. The summed E-state index contributed by atoms with van der Waals surface area (Å²) in [6.07, 6.45) is -0.153. The van der Waals surface area contributed by atoms with Gasteiger partial charge in [0.25, 0.3) is 0 Å². The molecule has 2 amide bonds. The molecule has 8 nitrogen and oxygen atoms in total. The van der Waals surface area contributed by atoms with Gasteiger partial charge in [-0.15, -0.1) is 0 Å². The number of amides is 2. The van der Waals surface area contributed by atoms with Crippen LogP contribution in [0.15, 0.2) is 10.5 Å². The lowest BCUT2D eigenvalue weighted by molar-refractivity contribution is -0.136. The highest BCUT2D eigenvalue weighted by Crippen LogP contribution is 2.15.